The molecule has 0 saturated carbocycles. The van der Waals surface area contributed by atoms with Crippen molar-refractivity contribution in [2.75, 3.05) is 44.8 Å². The van der Waals surface area contributed by atoms with Crippen molar-refractivity contribution in [3.8, 4) is 22.8 Å². The summed E-state index contributed by atoms with van der Waals surface area (Å²) in [6, 6.07) is 17.8. The summed E-state index contributed by atoms with van der Waals surface area (Å²) >= 11 is 0. The number of hydrogen-bond acceptors (Lipinski definition) is 6. The first-order valence-corrected chi connectivity index (χ1v) is 10.7. The number of ether oxygens (including phenoxy) is 2. The molecule has 0 radical (unpaired) electrons. The summed E-state index contributed by atoms with van der Waals surface area (Å²) in [6.07, 6.45) is 0. The van der Waals surface area contributed by atoms with E-state index < -0.39 is 0 Å². The number of methoxy groups -OCH3 is 1. The van der Waals surface area contributed by atoms with Gasteiger partial charge in [-0.15, -0.1) is 10.2 Å². The van der Waals surface area contributed by atoms with Crippen LogP contribution in [0, 0.1) is 13.8 Å². The maximum Gasteiger partial charge on any atom is 0.260 e. The molecule has 1 saturated heterocycles. The van der Waals surface area contributed by atoms with E-state index in [1.165, 1.54) is 5.56 Å². The Kier molecular flexibility index (Phi) is 6.54. The Labute approximate surface area is 188 Å². The van der Waals surface area contributed by atoms with Gasteiger partial charge in [0.1, 0.15) is 0 Å². The predicted molar refractivity (Wildman–Crippen MR) is 124 cm³/mol. The van der Waals surface area contributed by atoms with E-state index in [0.29, 0.717) is 37.7 Å². The van der Waals surface area contributed by atoms with Crippen LogP contribution in [0.25, 0.3) is 11.3 Å². The second kappa shape index (κ2) is 9.68. The predicted octanol–water partition coefficient (Wildman–Crippen LogP) is 3.50. The number of anilines is 1. The van der Waals surface area contributed by atoms with Crippen LogP contribution in [0.2, 0.25) is 0 Å². The molecule has 1 amide bonds. The molecule has 3 aromatic rings. The molecule has 0 bridgehead atoms. The van der Waals surface area contributed by atoms with E-state index in [1.807, 2.05) is 54.3 Å². The highest BCUT2D eigenvalue weighted by atomic mass is 16.5. The van der Waals surface area contributed by atoms with Crippen LogP contribution in [0.5, 0.6) is 11.5 Å². The highest BCUT2D eigenvalue weighted by molar-refractivity contribution is 5.78. The first kappa shape index (κ1) is 21.6. The van der Waals surface area contributed by atoms with Gasteiger partial charge in [0.05, 0.1) is 12.8 Å². The third kappa shape index (κ3) is 4.82. The average molecular weight is 433 g/mol. The zero-order chi connectivity index (χ0) is 22.5. The van der Waals surface area contributed by atoms with Gasteiger partial charge in [0.15, 0.2) is 23.9 Å². The summed E-state index contributed by atoms with van der Waals surface area (Å²) in [5.74, 6) is 2.01. The van der Waals surface area contributed by atoms with Gasteiger partial charge in [-0.1, -0.05) is 30.3 Å². The van der Waals surface area contributed by atoms with Crippen molar-refractivity contribution in [1.29, 1.82) is 0 Å². The molecule has 1 aromatic heterocycles. The van der Waals surface area contributed by atoms with E-state index in [9.17, 15) is 4.79 Å². The van der Waals surface area contributed by atoms with E-state index in [0.717, 1.165) is 22.6 Å². The summed E-state index contributed by atoms with van der Waals surface area (Å²) in [6.45, 7) is 6.70. The van der Waals surface area contributed by atoms with E-state index in [-0.39, 0.29) is 12.5 Å². The number of nitrogens with zero attached hydrogens (tertiary/aromatic N) is 4. The lowest BCUT2D eigenvalue weighted by Crippen LogP contribution is -2.50. The SMILES string of the molecule is COc1cc(C)ccc1OCC(=O)N1CCN(c2ccc(-c3ccccc3C)nn2)CC1. The third-order valence-electron chi connectivity index (χ3n) is 5.70. The minimum atomic E-state index is -0.0340. The topological polar surface area (TPSA) is 67.8 Å². The van der Waals surface area contributed by atoms with Crippen LogP contribution in [0.4, 0.5) is 5.82 Å². The van der Waals surface area contributed by atoms with Crippen LogP contribution in [0.1, 0.15) is 11.1 Å². The fourth-order valence-corrected chi connectivity index (χ4v) is 3.81. The van der Waals surface area contributed by atoms with Gasteiger partial charge in [-0.05, 0) is 49.2 Å². The number of aromatic nitrogens is 2. The van der Waals surface area contributed by atoms with Crippen LogP contribution in [-0.2, 0) is 4.79 Å². The Balaban J connectivity index is 1.31. The lowest BCUT2D eigenvalue weighted by molar-refractivity contribution is -0.133. The zero-order valence-electron chi connectivity index (χ0n) is 18.7. The number of benzene rings is 2. The van der Waals surface area contributed by atoms with Crippen molar-refractivity contribution >= 4 is 11.7 Å². The molecular formula is C25H28N4O3. The monoisotopic (exact) mass is 432 g/mol. The fraction of sp³-hybridized carbons (Fsp3) is 0.320. The zero-order valence-corrected chi connectivity index (χ0v) is 18.7. The second-order valence-corrected chi connectivity index (χ2v) is 7.90. The van der Waals surface area contributed by atoms with Gasteiger partial charge in [0, 0.05) is 31.7 Å². The minimum Gasteiger partial charge on any atom is -0.493 e. The molecule has 1 fully saturated rings. The van der Waals surface area contributed by atoms with Gasteiger partial charge in [-0.2, -0.15) is 0 Å². The summed E-state index contributed by atoms with van der Waals surface area (Å²) in [5.41, 5.74) is 4.20. The Morgan fingerprint density at radius 3 is 2.41 bits per heavy atom. The standard InChI is InChI=1S/C25H28N4O3/c1-18-8-10-22(23(16-18)31-3)32-17-25(30)29-14-12-28(13-15-29)24-11-9-21(26-27-24)20-7-5-4-6-19(20)2/h4-11,16H,12-15,17H2,1-3H3. The van der Waals surface area contributed by atoms with E-state index in [2.05, 4.69) is 34.2 Å². The normalized spacial score (nSPS) is 13.7. The second-order valence-electron chi connectivity index (χ2n) is 7.90. The Bertz CT molecular complexity index is 1080. The number of aryl methyl sites for hydroxylation is 2. The maximum absolute atomic E-state index is 12.6. The Morgan fingerprint density at radius 2 is 1.72 bits per heavy atom. The molecule has 2 heterocycles. The number of carbonyl (C=O) groups is 1. The first-order valence-electron chi connectivity index (χ1n) is 10.7. The average Bonchev–Trinajstić information content (AvgIpc) is 2.83. The molecule has 0 N–H and O–H groups in total. The minimum absolute atomic E-state index is 0.00957. The van der Waals surface area contributed by atoms with Gasteiger partial charge in [-0.25, -0.2) is 0 Å². The molecule has 1 aliphatic heterocycles. The van der Waals surface area contributed by atoms with Crippen LogP contribution in [0.15, 0.2) is 54.6 Å². The van der Waals surface area contributed by atoms with Gasteiger partial charge < -0.3 is 19.3 Å². The van der Waals surface area contributed by atoms with Gasteiger partial charge in [-0.3, -0.25) is 4.79 Å². The molecular weight excluding hydrogens is 404 g/mol. The van der Waals surface area contributed by atoms with Crippen LogP contribution < -0.4 is 14.4 Å². The van der Waals surface area contributed by atoms with Crippen molar-refractivity contribution in [3.63, 3.8) is 0 Å². The Morgan fingerprint density at radius 1 is 0.938 bits per heavy atom. The number of carbonyl (C=O) groups excluding carboxylic acids is 1. The van der Waals surface area contributed by atoms with E-state index in [1.54, 1.807) is 7.11 Å². The van der Waals surface area contributed by atoms with Crippen molar-refractivity contribution in [3.05, 3.63) is 65.7 Å². The van der Waals surface area contributed by atoms with Gasteiger partial charge in [0.2, 0.25) is 0 Å². The number of hydrogen-bond donors (Lipinski definition) is 0. The maximum atomic E-state index is 12.6. The molecule has 166 valence electrons. The molecule has 2 aromatic carbocycles. The van der Waals surface area contributed by atoms with Gasteiger partial charge in [0.25, 0.3) is 5.91 Å². The molecule has 4 rings (SSSR count). The Hall–Kier alpha value is -3.61. The molecule has 0 aliphatic carbocycles. The number of amides is 1. The van der Waals surface area contributed by atoms with Crippen LogP contribution in [-0.4, -0.2) is 60.9 Å². The highest BCUT2D eigenvalue weighted by Crippen LogP contribution is 2.28. The fourth-order valence-electron chi connectivity index (χ4n) is 3.81. The van der Waals surface area contributed by atoms with Crippen molar-refractivity contribution < 1.29 is 14.3 Å². The molecule has 32 heavy (non-hydrogen) atoms. The highest BCUT2D eigenvalue weighted by Gasteiger charge is 2.23. The lowest BCUT2D eigenvalue weighted by Gasteiger charge is -2.35. The number of piperazine rings is 1. The van der Waals surface area contributed by atoms with E-state index in [4.69, 9.17) is 9.47 Å². The molecule has 0 unspecified atom stereocenters. The number of rotatable bonds is 6. The van der Waals surface area contributed by atoms with Crippen LogP contribution in [0.3, 0.4) is 0 Å². The van der Waals surface area contributed by atoms with Crippen molar-refractivity contribution in [2.45, 2.75) is 13.8 Å². The summed E-state index contributed by atoms with van der Waals surface area (Å²) < 4.78 is 11.1. The van der Waals surface area contributed by atoms with Crippen LogP contribution >= 0.6 is 0 Å². The largest absolute Gasteiger partial charge is 0.493 e. The van der Waals surface area contributed by atoms with Crippen molar-refractivity contribution in [1.82, 2.24) is 15.1 Å². The first-order chi connectivity index (χ1) is 15.5. The summed E-state index contributed by atoms with van der Waals surface area (Å²) in [7, 11) is 1.60. The molecule has 0 atom stereocenters. The third-order valence-corrected chi connectivity index (χ3v) is 5.70. The van der Waals surface area contributed by atoms with E-state index >= 15 is 0 Å². The molecule has 0 spiro atoms. The molecule has 1 aliphatic rings. The summed E-state index contributed by atoms with van der Waals surface area (Å²) in [5, 5.41) is 8.85. The van der Waals surface area contributed by atoms with Gasteiger partial charge >= 0.3 is 0 Å². The quantitative estimate of drug-likeness (QED) is 0.594. The molecule has 7 nitrogen and oxygen atoms in total. The van der Waals surface area contributed by atoms with Crippen molar-refractivity contribution in [2.24, 2.45) is 0 Å². The smallest absolute Gasteiger partial charge is 0.260 e. The summed E-state index contributed by atoms with van der Waals surface area (Å²) in [4.78, 5) is 16.6. The lowest BCUT2D eigenvalue weighted by atomic mass is 10.1. The molecule has 7 heteroatoms.